The molecule has 8 nitrogen and oxygen atoms in total. The number of H-pyrrole nitrogens is 1. The molecule has 0 fully saturated rings. The first-order valence-electron chi connectivity index (χ1n) is 10.8. The van der Waals surface area contributed by atoms with E-state index in [1.807, 2.05) is 6.07 Å². The molecular formula is C24H21F2N5O3S. The zero-order valence-electron chi connectivity index (χ0n) is 18.8. The lowest BCUT2D eigenvalue weighted by Crippen LogP contribution is -2.14. The minimum absolute atomic E-state index is 0.00817. The van der Waals surface area contributed by atoms with Crippen molar-refractivity contribution in [2.75, 3.05) is 10.5 Å². The lowest BCUT2D eigenvalue weighted by molar-refractivity contribution is 0.561. The number of fused-ring (bicyclic) bond motifs is 2. The molecule has 0 spiro atoms. The monoisotopic (exact) mass is 497 g/mol. The molecule has 0 bridgehead atoms. The Morgan fingerprint density at radius 2 is 1.91 bits per heavy atom. The van der Waals surface area contributed by atoms with Crippen LogP contribution in [0.15, 0.2) is 59.8 Å². The molecule has 0 aliphatic carbocycles. The second-order valence-electron chi connectivity index (χ2n) is 8.22. The predicted molar refractivity (Wildman–Crippen MR) is 131 cm³/mol. The van der Waals surface area contributed by atoms with E-state index in [1.54, 1.807) is 36.1 Å². The number of rotatable bonds is 6. The molecule has 0 unspecified atom stereocenters. The number of nitrogens with zero attached hydrogens (tertiary/aromatic N) is 3. The average molecular weight is 498 g/mol. The fraction of sp³-hybridized carbons (Fsp3) is 0.167. The number of benzene rings is 2. The largest absolute Gasteiger partial charge is 0.345 e. The van der Waals surface area contributed by atoms with E-state index in [1.165, 1.54) is 29.9 Å². The van der Waals surface area contributed by atoms with Crippen LogP contribution in [0.4, 0.5) is 14.5 Å². The van der Waals surface area contributed by atoms with Crippen LogP contribution in [-0.2, 0) is 23.6 Å². The van der Waals surface area contributed by atoms with E-state index in [9.17, 15) is 22.0 Å². The Bertz CT molecular complexity index is 1770. The second kappa shape index (κ2) is 8.35. The highest BCUT2D eigenvalue weighted by Crippen LogP contribution is 2.35. The van der Waals surface area contributed by atoms with Crippen LogP contribution in [0.1, 0.15) is 12.5 Å². The summed E-state index contributed by atoms with van der Waals surface area (Å²) in [6, 6.07) is 8.60. The number of hydrogen-bond acceptors (Lipinski definition) is 4. The van der Waals surface area contributed by atoms with Gasteiger partial charge in [-0.2, -0.15) is 5.10 Å². The first kappa shape index (κ1) is 22.8. The molecule has 2 aromatic carbocycles. The molecule has 0 atom stereocenters. The number of pyridine rings is 1. The Morgan fingerprint density at radius 3 is 2.66 bits per heavy atom. The number of aromatic nitrogens is 4. The maximum atomic E-state index is 14.3. The van der Waals surface area contributed by atoms with E-state index in [0.29, 0.717) is 38.6 Å². The van der Waals surface area contributed by atoms with Crippen LogP contribution < -0.4 is 10.3 Å². The van der Waals surface area contributed by atoms with Crippen LogP contribution in [0.25, 0.3) is 32.9 Å². The molecule has 0 amide bonds. The molecule has 5 aromatic rings. The second-order valence-corrected chi connectivity index (χ2v) is 10.2. The van der Waals surface area contributed by atoms with Crippen LogP contribution in [0.5, 0.6) is 0 Å². The number of sulfonamides is 1. The van der Waals surface area contributed by atoms with Gasteiger partial charge in [-0.15, -0.1) is 0 Å². The molecule has 3 aromatic heterocycles. The number of anilines is 1. The number of halogens is 2. The third-order valence-electron chi connectivity index (χ3n) is 5.95. The van der Waals surface area contributed by atoms with Crippen molar-refractivity contribution in [2.45, 2.75) is 13.5 Å². The van der Waals surface area contributed by atoms with Gasteiger partial charge in [0.05, 0.1) is 29.7 Å². The molecule has 180 valence electrons. The van der Waals surface area contributed by atoms with E-state index in [-0.39, 0.29) is 23.4 Å². The van der Waals surface area contributed by atoms with E-state index >= 15 is 0 Å². The van der Waals surface area contributed by atoms with E-state index in [4.69, 9.17) is 0 Å². The summed E-state index contributed by atoms with van der Waals surface area (Å²) >= 11 is 0. The van der Waals surface area contributed by atoms with Crippen molar-refractivity contribution in [2.24, 2.45) is 7.05 Å². The molecule has 35 heavy (non-hydrogen) atoms. The molecule has 0 saturated heterocycles. The molecule has 2 N–H and O–H groups in total. The molecule has 0 aliphatic rings. The molecular weight excluding hydrogens is 476 g/mol. The van der Waals surface area contributed by atoms with E-state index in [2.05, 4.69) is 14.8 Å². The standard InChI is InChI=1S/C24H21F2N5O3S/c1-3-35(33,34)29-21-8-15(19-13-30(2)23-17(19)6-7-27-24(23)32)9-22-18(21)11-28-31(22)12-14-4-5-16(25)10-20(14)26/h4-11,13,29H,3,12H2,1-2H3,(H,27,32). The van der Waals surface area contributed by atoms with Gasteiger partial charge in [-0.3, -0.25) is 14.2 Å². The minimum atomic E-state index is -3.62. The average Bonchev–Trinajstić information content (AvgIpc) is 3.37. The minimum Gasteiger partial charge on any atom is -0.345 e. The maximum absolute atomic E-state index is 14.3. The summed E-state index contributed by atoms with van der Waals surface area (Å²) in [7, 11) is -1.87. The Kier molecular flexibility index (Phi) is 5.43. The number of nitrogens with one attached hydrogen (secondary N) is 2. The normalized spacial score (nSPS) is 12.0. The van der Waals surface area contributed by atoms with Gasteiger partial charge in [0.2, 0.25) is 10.0 Å². The molecule has 3 heterocycles. The van der Waals surface area contributed by atoms with Crippen molar-refractivity contribution in [1.82, 2.24) is 19.3 Å². The van der Waals surface area contributed by atoms with Gasteiger partial charge in [-0.05, 0) is 36.8 Å². The Balaban J connectivity index is 1.74. The van der Waals surface area contributed by atoms with Gasteiger partial charge < -0.3 is 9.55 Å². The lowest BCUT2D eigenvalue weighted by atomic mass is 10.0. The number of aryl methyl sites for hydroxylation is 1. The SMILES string of the molecule is CCS(=O)(=O)Nc1cc(-c2cn(C)c3c(=O)[nH]ccc23)cc2c1cnn2Cc1ccc(F)cc1F. The molecule has 0 radical (unpaired) electrons. The zero-order chi connectivity index (χ0) is 24.9. The summed E-state index contributed by atoms with van der Waals surface area (Å²) in [5, 5.41) is 5.56. The highest BCUT2D eigenvalue weighted by Gasteiger charge is 2.18. The van der Waals surface area contributed by atoms with Crippen molar-refractivity contribution in [1.29, 1.82) is 0 Å². The first-order chi connectivity index (χ1) is 16.7. The van der Waals surface area contributed by atoms with Gasteiger partial charge in [0.25, 0.3) is 5.56 Å². The molecule has 11 heteroatoms. The van der Waals surface area contributed by atoms with Crippen molar-refractivity contribution in [3.8, 4) is 11.1 Å². The van der Waals surface area contributed by atoms with Crippen LogP contribution in [0.2, 0.25) is 0 Å². The van der Waals surface area contributed by atoms with Crippen molar-refractivity contribution >= 4 is 37.5 Å². The van der Waals surface area contributed by atoms with Gasteiger partial charge in [-0.25, -0.2) is 17.2 Å². The molecule has 0 saturated carbocycles. The highest BCUT2D eigenvalue weighted by atomic mass is 32.2. The van der Waals surface area contributed by atoms with Gasteiger partial charge >= 0.3 is 0 Å². The lowest BCUT2D eigenvalue weighted by Gasteiger charge is -2.12. The Hall–Kier alpha value is -3.99. The summed E-state index contributed by atoms with van der Waals surface area (Å²) in [5.74, 6) is -1.51. The number of hydrogen-bond donors (Lipinski definition) is 2. The highest BCUT2D eigenvalue weighted by molar-refractivity contribution is 7.92. The topological polar surface area (TPSA) is 102 Å². The fourth-order valence-corrected chi connectivity index (χ4v) is 4.84. The van der Waals surface area contributed by atoms with E-state index in [0.717, 1.165) is 6.07 Å². The summed E-state index contributed by atoms with van der Waals surface area (Å²) in [6.07, 6.45) is 4.84. The van der Waals surface area contributed by atoms with Crippen LogP contribution >= 0.6 is 0 Å². The van der Waals surface area contributed by atoms with Crippen LogP contribution in [0, 0.1) is 11.6 Å². The zero-order valence-corrected chi connectivity index (χ0v) is 19.7. The first-order valence-corrected chi connectivity index (χ1v) is 12.4. The molecule has 5 rings (SSSR count). The summed E-state index contributed by atoms with van der Waals surface area (Å²) in [5.41, 5.74) is 2.67. The third kappa shape index (κ3) is 4.08. The van der Waals surface area contributed by atoms with Crippen LogP contribution in [-0.4, -0.2) is 33.5 Å². The quantitative estimate of drug-likeness (QED) is 0.371. The van der Waals surface area contributed by atoms with E-state index < -0.39 is 21.7 Å². The van der Waals surface area contributed by atoms with Crippen molar-refractivity contribution in [3.63, 3.8) is 0 Å². The summed E-state index contributed by atoms with van der Waals surface area (Å²) in [6.45, 7) is 1.54. The smallest absolute Gasteiger partial charge is 0.272 e. The third-order valence-corrected chi connectivity index (χ3v) is 7.25. The van der Waals surface area contributed by atoms with Crippen molar-refractivity contribution in [3.05, 3.63) is 82.5 Å². The predicted octanol–water partition coefficient (Wildman–Crippen LogP) is 3.97. The summed E-state index contributed by atoms with van der Waals surface area (Å²) in [4.78, 5) is 15.0. The number of aromatic amines is 1. The fourth-order valence-electron chi connectivity index (χ4n) is 4.19. The van der Waals surface area contributed by atoms with Gasteiger partial charge in [-0.1, -0.05) is 6.07 Å². The van der Waals surface area contributed by atoms with Crippen LogP contribution in [0.3, 0.4) is 0 Å². The van der Waals surface area contributed by atoms with Gasteiger partial charge in [0, 0.05) is 47.4 Å². The maximum Gasteiger partial charge on any atom is 0.272 e. The Labute approximate surface area is 198 Å². The summed E-state index contributed by atoms with van der Waals surface area (Å²) < 4.78 is 58.4. The van der Waals surface area contributed by atoms with Gasteiger partial charge in [0.1, 0.15) is 17.2 Å². The van der Waals surface area contributed by atoms with Gasteiger partial charge in [0.15, 0.2) is 0 Å². The van der Waals surface area contributed by atoms with Crippen molar-refractivity contribution < 1.29 is 17.2 Å². The Morgan fingerprint density at radius 1 is 1.11 bits per heavy atom. The molecule has 0 aliphatic heterocycles.